The SMILES string of the molecule is COCCCCNC(=O)c1cc(F)c(Br)c(S(N)(=O)=O)c1. The minimum atomic E-state index is -4.13. The molecule has 0 aliphatic carbocycles. The van der Waals surface area contributed by atoms with Crippen molar-refractivity contribution in [2.45, 2.75) is 17.7 Å². The van der Waals surface area contributed by atoms with Crippen molar-refractivity contribution in [3.05, 3.63) is 28.0 Å². The van der Waals surface area contributed by atoms with Crippen LogP contribution in [0.15, 0.2) is 21.5 Å². The molecule has 1 amide bonds. The molecular weight excluding hydrogens is 367 g/mol. The highest BCUT2D eigenvalue weighted by molar-refractivity contribution is 9.10. The number of nitrogens with one attached hydrogen (secondary N) is 1. The number of methoxy groups -OCH3 is 1. The van der Waals surface area contributed by atoms with Crippen LogP contribution in [0.4, 0.5) is 4.39 Å². The summed E-state index contributed by atoms with van der Waals surface area (Å²) < 4.78 is 40.9. The normalized spacial score (nSPS) is 11.4. The van der Waals surface area contributed by atoms with Crippen LogP contribution in [0.5, 0.6) is 0 Å². The molecule has 21 heavy (non-hydrogen) atoms. The number of sulfonamides is 1. The van der Waals surface area contributed by atoms with Crippen molar-refractivity contribution in [3.63, 3.8) is 0 Å². The van der Waals surface area contributed by atoms with Crippen LogP contribution >= 0.6 is 15.9 Å². The lowest BCUT2D eigenvalue weighted by Crippen LogP contribution is -2.25. The van der Waals surface area contributed by atoms with Crippen molar-refractivity contribution in [3.8, 4) is 0 Å². The second-order valence-corrected chi connectivity index (χ2v) is 6.59. The maximum absolute atomic E-state index is 13.7. The Hall–Kier alpha value is -1.03. The van der Waals surface area contributed by atoms with Crippen LogP contribution in [0.25, 0.3) is 0 Å². The first-order chi connectivity index (χ1) is 9.77. The number of ether oxygens (including phenoxy) is 1. The molecule has 1 rings (SSSR count). The first-order valence-corrected chi connectivity index (χ1v) is 8.40. The van der Waals surface area contributed by atoms with Gasteiger partial charge in [-0.3, -0.25) is 4.79 Å². The summed E-state index contributed by atoms with van der Waals surface area (Å²) in [6.07, 6.45) is 1.47. The van der Waals surface area contributed by atoms with Crippen molar-refractivity contribution < 1.29 is 22.3 Å². The summed E-state index contributed by atoms with van der Waals surface area (Å²) >= 11 is 2.80. The third kappa shape index (κ3) is 5.34. The first kappa shape index (κ1) is 18.0. The number of rotatable bonds is 7. The Labute approximate surface area is 131 Å². The van der Waals surface area contributed by atoms with Gasteiger partial charge >= 0.3 is 0 Å². The third-order valence-corrected chi connectivity index (χ3v) is 4.63. The zero-order chi connectivity index (χ0) is 16.0. The van der Waals surface area contributed by atoms with Crippen LogP contribution in [0.2, 0.25) is 0 Å². The molecule has 0 saturated heterocycles. The molecule has 0 aromatic heterocycles. The monoisotopic (exact) mass is 382 g/mol. The molecule has 0 saturated carbocycles. The standard InChI is InChI=1S/C12H16BrFN2O4S/c1-20-5-3-2-4-16-12(17)8-6-9(14)11(13)10(7-8)21(15,18)19/h6-7H,2-5H2,1H3,(H,16,17)(H2,15,18,19). The molecule has 6 nitrogen and oxygen atoms in total. The summed E-state index contributed by atoms with van der Waals surface area (Å²) in [5.74, 6) is -1.44. The molecule has 0 bridgehead atoms. The topological polar surface area (TPSA) is 98.5 Å². The van der Waals surface area contributed by atoms with Gasteiger partial charge in [-0.1, -0.05) is 0 Å². The van der Waals surface area contributed by atoms with Crippen LogP contribution in [0.3, 0.4) is 0 Å². The van der Waals surface area contributed by atoms with Crippen LogP contribution < -0.4 is 10.5 Å². The Morgan fingerprint density at radius 2 is 2.10 bits per heavy atom. The van der Waals surface area contributed by atoms with Crippen molar-refractivity contribution in [1.82, 2.24) is 5.32 Å². The fourth-order valence-corrected chi connectivity index (χ4v) is 3.12. The van der Waals surface area contributed by atoms with Gasteiger partial charge < -0.3 is 10.1 Å². The van der Waals surface area contributed by atoms with Gasteiger partial charge in [-0.25, -0.2) is 17.9 Å². The van der Waals surface area contributed by atoms with Crippen LogP contribution in [0, 0.1) is 5.82 Å². The second kappa shape index (κ2) is 7.83. The van der Waals surface area contributed by atoms with Crippen LogP contribution in [-0.2, 0) is 14.8 Å². The van der Waals surface area contributed by atoms with E-state index in [1.165, 1.54) is 0 Å². The highest BCUT2D eigenvalue weighted by Gasteiger charge is 2.20. The van der Waals surface area contributed by atoms with E-state index in [1.807, 2.05) is 0 Å². The Bertz CT molecular complexity index is 622. The Morgan fingerprint density at radius 1 is 1.43 bits per heavy atom. The number of halogens is 2. The molecular formula is C12H16BrFN2O4S. The number of carbonyl (C=O) groups excluding carboxylic acids is 1. The number of primary sulfonamides is 1. The summed E-state index contributed by atoms with van der Waals surface area (Å²) in [7, 11) is -2.55. The van der Waals surface area contributed by atoms with Crippen molar-refractivity contribution in [2.75, 3.05) is 20.3 Å². The lowest BCUT2D eigenvalue weighted by molar-refractivity contribution is 0.0950. The van der Waals surface area contributed by atoms with Gasteiger partial charge in [0.25, 0.3) is 5.91 Å². The molecule has 3 N–H and O–H groups in total. The Morgan fingerprint density at radius 3 is 2.67 bits per heavy atom. The molecule has 0 spiro atoms. The third-order valence-electron chi connectivity index (χ3n) is 2.62. The van der Waals surface area contributed by atoms with Gasteiger partial charge in [0, 0.05) is 25.8 Å². The minimum Gasteiger partial charge on any atom is -0.385 e. The molecule has 1 aromatic carbocycles. The summed E-state index contributed by atoms with van der Waals surface area (Å²) in [6.45, 7) is 0.961. The zero-order valence-corrected chi connectivity index (χ0v) is 13.8. The predicted octanol–water partition coefficient (Wildman–Crippen LogP) is 1.39. The van der Waals surface area contributed by atoms with E-state index in [2.05, 4.69) is 21.2 Å². The molecule has 0 radical (unpaired) electrons. The highest BCUT2D eigenvalue weighted by Crippen LogP contribution is 2.25. The number of amides is 1. The van der Waals surface area contributed by atoms with E-state index in [0.29, 0.717) is 19.6 Å². The van der Waals surface area contributed by atoms with E-state index in [1.54, 1.807) is 7.11 Å². The maximum Gasteiger partial charge on any atom is 0.251 e. The summed E-state index contributed by atoms with van der Waals surface area (Å²) in [5, 5.41) is 7.55. The van der Waals surface area contributed by atoms with E-state index < -0.39 is 26.6 Å². The van der Waals surface area contributed by atoms with Crippen LogP contribution in [0.1, 0.15) is 23.2 Å². The predicted molar refractivity (Wildman–Crippen MR) is 78.9 cm³/mol. The largest absolute Gasteiger partial charge is 0.385 e. The lowest BCUT2D eigenvalue weighted by atomic mass is 10.2. The first-order valence-electron chi connectivity index (χ1n) is 6.06. The van der Waals surface area contributed by atoms with Gasteiger partial charge in [0.05, 0.1) is 9.37 Å². The molecule has 118 valence electrons. The molecule has 0 unspecified atom stereocenters. The molecule has 0 fully saturated rings. The molecule has 0 aliphatic heterocycles. The molecule has 0 atom stereocenters. The smallest absolute Gasteiger partial charge is 0.251 e. The summed E-state index contributed by atoms with van der Waals surface area (Å²) in [5.41, 5.74) is -0.105. The number of nitrogens with two attached hydrogens (primary N) is 1. The van der Waals surface area contributed by atoms with Gasteiger partial charge in [0.1, 0.15) is 5.82 Å². The minimum absolute atomic E-state index is 0.105. The molecule has 9 heteroatoms. The van der Waals surface area contributed by atoms with Gasteiger partial charge in [-0.15, -0.1) is 0 Å². The lowest BCUT2D eigenvalue weighted by Gasteiger charge is -2.08. The van der Waals surface area contributed by atoms with Gasteiger partial charge in [0.2, 0.25) is 10.0 Å². The van der Waals surface area contributed by atoms with E-state index >= 15 is 0 Å². The average Bonchev–Trinajstić information content (AvgIpc) is 2.39. The van der Waals surface area contributed by atoms with E-state index in [4.69, 9.17) is 9.88 Å². The van der Waals surface area contributed by atoms with Crippen LogP contribution in [-0.4, -0.2) is 34.6 Å². The number of hydrogen-bond acceptors (Lipinski definition) is 4. The molecule has 0 heterocycles. The van der Waals surface area contributed by atoms with Crippen molar-refractivity contribution >= 4 is 31.9 Å². The Kier molecular flexibility index (Phi) is 6.72. The fraction of sp³-hybridized carbons (Fsp3) is 0.417. The summed E-state index contributed by atoms with van der Waals surface area (Å²) in [6, 6.07) is 1.98. The maximum atomic E-state index is 13.7. The van der Waals surface area contributed by atoms with E-state index in [-0.39, 0.29) is 10.0 Å². The molecule has 1 aromatic rings. The van der Waals surface area contributed by atoms with E-state index in [9.17, 15) is 17.6 Å². The number of carbonyl (C=O) groups is 1. The van der Waals surface area contributed by atoms with E-state index in [0.717, 1.165) is 18.6 Å². The van der Waals surface area contributed by atoms with Crippen molar-refractivity contribution in [2.24, 2.45) is 5.14 Å². The fourth-order valence-electron chi connectivity index (χ4n) is 1.58. The van der Waals surface area contributed by atoms with Gasteiger partial charge in [-0.05, 0) is 40.9 Å². The molecule has 0 aliphatic rings. The Balaban J connectivity index is 2.84. The summed E-state index contributed by atoms with van der Waals surface area (Å²) in [4.78, 5) is 11.4. The highest BCUT2D eigenvalue weighted by atomic mass is 79.9. The average molecular weight is 383 g/mol. The number of hydrogen-bond donors (Lipinski definition) is 2. The number of unbranched alkanes of at least 4 members (excludes halogenated alkanes) is 1. The van der Waals surface area contributed by atoms with Gasteiger partial charge in [-0.2, -0.15) is 0 Å². The number of benzene rings is 1. The van der Waals surface area contributed by atoms with Gasteiger partial charge in [0.15, 0.2) is 0 Å². The van der Waals surface area contributed by atoms with Crippen molar-refractivity contribution in [1.29, 1.82) is 0 Å². The quantitative estimate of drug-likeness (QED) is 0.696. The second-order valence-electron chi connectivity index (χ2n) is 4.27. The zero-order valence-electron chi connectivity index (χ0n) is 11.4.